The van der Waals surface area contributed by atoms with Crippen LogP contribution in [0.2, 0.25) is 0 Å². The van der Waals surface area contributed by atoms with Crippen molar-refractivity contribution in [3.63, 3.8) is 0 Å². The monoisotopic (exact) mass is 257 g/mol. The molecule has 0 saturated carbocycles. The molecule has 0 aliphatic carbocycles. The second-order valence-corrected chi connectivity index (χ2v) is 6.13. The normalized spacial score (nSPS) is 23.4. The molecule has 0 amide bonds. The van der Waals surface area contributed by atoms with E-state index in [-0.39, 0.29) is 0 Å². The fourth-order valence-corrected chi connectivity index (χ4v) is 3.29. The third-order valence-corrected chi connectivity index (χ3v) is 4.48. The summed E-state index contributed by atoms with van der Waals surface area (Å²) in [6, 6.07) is 8.99. The van der Waals surface area contributed by atoms with Gasteiger partial charge in [0.1, 0.15) is 5.84 Å². The van der Waals surface area contributed by atoms with Crippen LogP contribution in [0.25, 0.3) is 0 Å². The number of nitrogens with one attached hydrogen (secondary N) is 1. The van der Waals surface area contributed by atoms with Crippen molar-refractivity contribution >= 4 is 5.84 Å². The predicted molar refractivity (Wildman–Crippen MR) is 78.5 cm³/mol. The fraction of sp³-hybridized carbons (Fsp3) is 0.562. The van der Waals surface area contributed by atoms with Gasteiger partial charge < -0.3 is 9.80 Å². The lowest BCUT2D eigenvalue weighted by atomic mass is 10.1. The van der Waals surface area contributed by atoms with Crippen LogP contribution in [0.1, 0.15) is 31.4 Å². The summed E-state index contributed by atoms with van der Waals surface area (Å²) in [5, 5.41) is 8.30. The van der Waals surface area contributed by atoms with Crippen LogP contribution in [-0.4, -0.2) is 41.3 Å². The van der Waals surface area contributed by atoms with Gasteiger partial charge in [-0.25, -0.2) is 0 Å². The Balaban J connectivity index is 1.63. The number of hydrogen-bond acceptors (Lipinski definition) is 2. The summed E-state index contributed by atoms with van der Waals surface area (Å²) in [6.07, 6.45) is 1.28. The highest BCUT2D eigenvalue weighted by Crippen LogP contribution is 2.26. The highest BCUT2D eigenvalue weighted by Gasteiger charge is 2.30. The molecular weight excluding hydrogens is 234 g/mol. The zero-order valence-electron chi connectivity index (χ0n) is 11.9. The van der Waals surface area contributed by atoms with Gasteiger partial charge in [-0.15, -0.1) is 0 Å². The third kappa shape index (κ3) is 2.39. The van der Waals surface area contributed by atoms with E-state index < -0.39 is 0 Å². The van der Waals surface area contributed by atoms with Crippen molar-refractivity contribution in [2.24, 2.45) is 5.92 Å². The van der Waals surface area contributed by atoms with Gasteiger partial charge in [-0.1, -0.05) is 24.3 Å². The molecule has 2 heterocycles. The van der Waals surface area contributed by atoms with Crippen LogP contribution >= 0.6 is 0 Å². The van der Waals surface area contributed by atoms with E-state index in [1.165, 1.54) is 25.1 Å². The molecule has 0 aromatic heterocycles. The predicted octanol–water partition coefficient (Wildman–Crippen LogP) is 2.56. The first kappa shape index (κ1) is 12.7. The van der Waals surface area contributed by atoms with E-state index in [9.17, 15) is 0 Å². The zero-order valence-corrected chi connectivity index (χ0v) is 11.9. The molecule has 102 valence electrons. The van der Waals surface area contributed by atoms with Gasteiger partial charge in [-0.2, -0.15) is 0 Å². The molecular formula is C16H23N3. The van der Waals surface area contributed by atoms with Crippen molar-refractivity contribution in [2.45, 2.75) is 32.9 Å². The Labute approximate surface area is 115 Å². The van der Waals surface area contributed by atoms with Crippen molar-refractivity contribution in [3.05, 3.63) is 35.4 Å². The quantitative estimate of drug-likeness (QED) is 0.902. The zero-order chi connectivity index (χ0) is 13.4. The number of benzene rings is 1. The molecule has 1 atom stereocenters. The molecule has 2 aliphatic rings. The second kappa shape index (κ2) is 4.97. The van der Waals surface area contributed by atoms with Crippen LogP contribution in [0.3, 0.4) is 0 Å². The van der Waals surface area contributed by atoms with Crippen molar-refractivity contribution in [3.8, 4) is 0 Å². The van der Waals surface area contributed by atoms with E-state index >= 15 is 0 Å². The van der Waals surface area contributed by atoms with Gasteiger partial charge in [0.2, 0.25) is 0 Å². The SMILES string of the molecule is CC(C)N1CCC(CN2Cc3ccccc3C2=N)C1. The Hall–Kier alpha value is -1.35. The second-order valence-electron chi connectivity index (χ2n) is 6.13. The van der Waals surface area contributed by atoms with Gasteiger partial charge in [0.25, 0.3) is 0 Å². The van der Waals surface area contributed by atoms with Crippen molar-refractivity contribution < 1.29 is 0 Å². The summed E-state index contributed by atoms with van der Waals surface area (Å²) < 4.78 is 0. The minimum atomic E-state index is 0.653. The highest BCUT2D eigenvalue weighted by molar-refractivity contribution is 6.00. The minimum absolute atomic E-state index is 0.653. The van der Waals surface area contributed by atoms with Crippen LogP contribution in [-0.2, 0) is 6.54 Å². The van der Waals surface area contributed by atoms with Gasteiger partial charge in [0.15, 0.2) is 0 Å². The van der Waals surface area contributed by atoms with Gasteiger partial charge in [0.05, 0.1) is 0 Å². The first-order chi connectivity index (χ1) is 9.15. The summed E-state index contributed by atoms with van der Waals surface area (Å²) in [4.78, 5) is 4.80. The lowest BCUT2D eigenvalue weighted by Crippen LogP contribution is -2.33. The number of hydrogen-bond donors (Lipinski definition) is 1. The lowest BCUT2D eigenvalue weighted by Gasteiger charge is -2.24. The average molecular weight is 257 g/mol. The van der Waals surface area contributed by atoms with Gasteiger partial charge in [-0.3, -0.25) is 5.41 Å². The topological polar surface area (TPSA) is 30.3 Å². The van der Waals surface area contributed by atoms with E-state index in [0.717, 1.165) is 30.4 Å². The Morgan fingerprint density at radius 1 is 1.32 bits per heavy atom. The lowest BCUT2D eigenvalue weighted by molar-refractivity contribution is 0.253. The van der Waals surface area contributed by atoms with Crippen LogP contribution < -0.4 is 0 Å². The number of amidine groups is 1. The highest BCUT2D eigenvalue weighted by atomic mass is 15.2. The molecule has 3 nitrogen and oxygen atoms in total. The summed E-state index contributed by atoms with van der Waals surface area (Å²) in [5.41, 5.74) is 2.44. The number of nitrogens with zero attached hydrogens (tertiary/aromatic N) is 2. The molecule has 2 aliphatic heterocycles. The molecule has 1 aromatic carbocycles. The van der Waals surface area contributed by atoms with E-state index in [0.29, 0.717) is 6.04 Å². The molecule has 1 aromatic rings. The maximum absolute atomic E-state index is 8.30. The standard InChI is InChI=1S/C16H23N3/c1-12(2)18-8-7-13(9-18)10-19-11-14-5-3-4-6-15(14)16(19)17/h3-6,12-13,17H,7-11H2,1-2H3. The maximum Gasteiger partial charge on any atom is 0.128 e. The largest absolute Gasteiger partial charge is 0.352 e. The average Bonchev–Trinajstić information content (AvgIpc) is 2.97. The number of likely N-dealkylation sites (tertiary alicyclic amines) is 1. The van der Waals surface area contributed by atoms with Gasteiger partial charge in [0, 0.05) is 31.2 Å². The first-order valence-electron chi connectivity index (χ1n) is 7.31. The Kier molecular flexibility index (Phi) is 3.31. The molecule has 0 radical (unpaired) electrons. The van der Waals surface area contributed by atoms with Crippen LogP contribution in [0, 0.1) is 11.3 Å². The molecule has 19 heavy (non-hydrogen) atoms. The van der Waals surface area contributed by atoms with Gasteiger partial charge >= 0.3 is 0 Å². The molecule has 1 saturated heterocycles. The van der Waals surface area contributed by atoms with E-state index in [4.69, 9.17) is 5.41 Å². The smallest absolute Gasteiger partial charge is 0.128 e. The number of rotatable bonds is 3. The molecule has 3 rings (SSSR count). The first-order valence-corrected chi connectivity index (χ1v) is 7.31. The third-order valence-electron chi connectivity index (χ3n) is 4.48. The van der Waals surface area contributed by atoms with Crippen molar-refractivity contribution in [2.75, 3.05) is 19.6 Å². The Morgan fingerprint density at radius 3 is 2.79 bits per heavy atom. The van der Waals surface area contributed by atoms with Crippen molar-refractivity contribution in [1.82, 2.24) is 9.80 Å². The minimum Gasteiger partial charge on any atom is -0.352 e. The molecule has 0 bridgehead atoms. The van der Waals surface area contributed by atoms with Crippen LogP contribution in [0.15, 0.2) is 24.3 Å². The summed E-state index contributed by atoms with van der Waals surface area (Å²) in [5.74, 6) is 1.44. The van der Waals surface area contributed by atoms with E-state index in [1.807, 2.05) is 6.07 Å². The van der Waals surface area contributed by atoms with E-state index in [2.05, 4.69) is 41.8 Å². The molecule has 1 unspecified atom stereocenters. The number of fused-ring (bicyclic) bond motifs is 1. The Morgan fingerprint density at radius 2 is 2.11 bits per heavy atom. The fourth-order valence-electron chi connectivity index (χ4n) is 3.29. The summed E-state index contributed by atoms with van der Waals surface area (Å²) in [7, 11) is 0. The van der Waals surface area contributed by atoms with Crippen LogP contribution in [0.5, 0.6) is 0 Å². The summed E-state index contributed by atoms with van der Waals surface area (Å²) >= 11 is 0. The summed E-state index contributed by atoms with van der Waals surface area (Å²) in [6.45, 7) is 8.92. The van der Waals surface area contributed by atoms with E-state index in [1.54, 1.807) is 0 Å². The van der Waals surface area contributed by atoms with Crippen LogP contribution in [0.4, 0.5) is 0 Å². The molecule has 3 heteroatoms. The molecule has 1 fully saturated rings. The Bertz CT molecular complexity index is 481. The van der Waals surface area contributed by atoms with Gasteiger partial charge in [-0.05, 0) is 38.3 Å². The maximum atomic E-state index is 8.30. The molecule has 1 N–H and O–H groups in total. The molecule has 0 spiro atoms. The van der Waals surface area contributed by atoms with Crippen molar-refractivity contribution in [1.29, 1.82) is 5.41 Å².